The molecule has 0 saturated heterocycles. The van der Waals surface area contributed by atoms with Gasteiger partial charge < -0.3 is 30.3 Å². The highest BCUT2D eigenvalue weighted by Gasteiger charge is 2.16. The van der Waals surface area contributed by atoms with Crippen LogP contribution in [0.2, 0.25) is 0 Å². The molecule has 0 bridgehead atoms. The van der Waals surface area contributed by atoms with Gasteiger partial charge in [-0.1, -0.05) is 0 Å². The SMILES string of the molecule is CC(C)(C)OC(=O)NCCCn1cc(C(=O)Nc2ccc(OC[C@@H](O)C(=O)O)cc2)cn1. The number of carboxylic acid groups (broad SMARTS) is 1. The summed E-state index contributed by atoms with van der Waals surface area (Å²) >= 11 is 0. The summed E-state index contributed by atoms with van der Waals surface area (Å²) < 4.78 is 11.9. The van der Waals surface area contributed by atoms with E-state index in [1.807, 2.05) is 0 Å². The van der Waals surface area contributed by atoms with Crippen molar-refractivity contribution in [3.63, 3.8) is 0 Å². The molecule has 1 aromatic carbocycles. The maximum Gasteiger partial charge on any atom is 0.407 e. The molecular formula is C21H28N4O7. The maximum absolute atomic E-state index is 12.4. The average Bonchev–Trinajstić information content (AvgIpc) is 3.18. The average molecular weight is 448 g/mol. The molecule has 1 heterocycles. The largest absolute Gasteiger partial charge is 0.490 e. The zero-order chi connectivity index (χ0) is 23.7. The standard InChI is InChI=1S/C21H28N4O7/c1-21(2,3)32-20(30)22-9-4-10-25-12-14(11-23-25)18(27)24-15-5-7-16(8-6-15)31-13-17(26)19(28)29/h5-8,11-12,17,26H,4,9-10,13H2,1-3H3,(H,22,30)(H,24,27)(H,28,29)/t17-/m1/s1. The van der Waals surface area contributed by atoms with Crippen molar-refractivity contribution >= 4 is 23.7 Å². The van der Waals surface area contributed by atoms with Crippen LogP contribution < -0.4 is 15.4 Å². The lowest BCUT2D eigenvalue weighted by Gasteiger charge is -2.19. The zero-order valence-corrected chi connectivity index (χ0v) is 18.2. The third-order valence-electron chi connectivity index (χ3n) is 3.93. The highest BCUT2D eigenvalue weighted by atomic mass is 16.6. The predicted molar refractivity (Wildman–Crippen MR) is 115 cm³/mol. The van der Waals surface area contributed by atoms with Crippen LogP contribution in [0.1, 0.15) is 37.6 Å². The highest BCUT2D eigenvalue weighted by Crippen LogP contribution is 2.17. The number of rotatable bonds is 10. The van der Waals surface area contributed by atoms with E-state index in [9.17, 15) is 19.5 Å². The van der Waals surface area contributed by atoms with Crippen molar-refractivity contribution in [1.82, 2.24) is 15.1 Å². The zero-order valence-electron chi connectivity index (χ0n) is 18.2. The van der Waals surface area contributed by atoms with Crippen LogP contribution in [0.3, 0.4) is 0 Å². The van der Waals surface area contributed by atoms with Crippen LogP contribution in [0.25, 0.3) is 0 Å². The molecule has 0 saturated carbocycles. The number of ether oxygens (including phenoxy) is 2. The molecule has 0 aliphatic carbocycles. The second-order valence-corrected chi connectivity index (χ2v) is 7.92. The number of hydrogen-bond donors (Lipinski definition) is 4. The molecule has 0 aliphatic rings. The van der Waals surface area contributed by atoms with E-state index in [1.54, 1.807) is 55.9 Å². The van der Waals surface area contributed by atoms with Gasteiger partial charge in [0.05, 0.1) is 11.8 Å². The van der Waals surface area contributed by atoms with E-state index in [0.717, 1.165) is 0 Å². The Balaban J connectivity index is 1.76. The number of aromatic nitrogens is 2. The summed E-state index contributed by atoms with van der Waals surface area (Å²) in [7, 11) is 0. The number of amides is 2. The highest BCUT2D eigenvalue weighted by molar-refractivity contribution is 6.03. The molecule has 0 radical (unpaired) electrons. The van der Waals surface area contributed by atoms with Crippen molar-refractivity contribution in [3.8, 4) is 5.75 Å². The molecule has 11 heteroatoms. The van der Waals surface area contributed by atoms with Crippen LogP contribution in [0.5, 0.6) is 5.75 Å². The van der Waals surface area contributed by atoms with E-state index in [4.69, 9.17) is 14.6 Å². The van der Waals surface area contributed by atoms with Crippen LogP contribution in [-0.4, -0.2) is 62.8 Å². The molecule has 2 aromatic rings. The van der Waals surface area contributed by atoms with Gasteiger partial charge in [0.2, 0.25) is 0 Å². The van der Waals surface area contributed by atoms with E-state index >= 15 is 0 Å². The van der Waals surface area contributed by atoms with Gasteiger partial charge in [0.1, 0.15) is 18.0 Å². The van der Waals surface area contributed by atoms with Crippen molar-refractivity contribution in [3.05, 3.63) is 42.2 Å². The molecule has 2 amide bonds. The van der Waals surface area contributed by atoms with Gasteiger partial charge in [-0.05, 0) is 51.5 Å². The fourth-order valence-corrected chi connectivity index (χ4v) is 2.43. The van der Waals surface area contributed by atoms with Gasteiger partial charge in [-0.15, -0.1) is 0 Å². The van der Waals surface area contributed by atoms with Crippen molar-refractivity contribution in [2.24, 2.45) is 0 Å². The van der Waals surface area contributed by atoms with Gasteiger partial charge in [-0.25, -0.2) is 9.59 Å². The summed E-state index contributed by atoms with van der Waals surface area (Å²) in [5, 5.41) is 27.4. The number of nitrogens with one attached hydrogen (secondary N) is 2. The predicted octanol–water partition coefficient (Wildman–Crippen LogP) is 1.87. The maximum atomic E-state index is 12.4. The smallest absolute Gasteiger partial charge is 0.407 e. The van der Waals surface area contributed by atoms with Crippen LogP contribution >= 0.6 is 0 Å². The Labute approximate surface area is 185 Å². The number of aliphatic carboxylic acids is 1. The van der Waals surface area contributed by atoms with Crippen molar-refractivity contribution in [2.75, 3.05) is 18.5 Å². The van der Waals surface area contributed by atoms with Crippen LogP contribution in [-0.2, 0) is 16.1 Å². The van der Waals surface area contributed by atoms with Gasteiger partial charge in [0.15, 0.2) is 6.10 Å². The second kappa shape index (κ2) is 11.1. The number of nitrogens with zero attached hydrogens (tertiary/aromatic N) is 2. The number of carboxylic acids is 1. The number of aliphatic hydroxyl groups excluding tert-OH is 1. The molecule has 1 aromatic heterocycles. The fraction of sp³-hybridized carbons (Fsp3) is 0.429. The minimum absolute atomic E-state index is 0.349. The fourth-order valence-electron chi connectivity index (χ4n) is 2.43. The summed E-state index contributed by atoms with van der Waals surface area (Å²) in [5.41, 5.74) is 0.329. The first kappa shape index (κ1) is 24.7. The Morgan fingerprint density at radius 2 is 1.88 bits per heavy atom. The van der Waals surface area contributed by atoms with Gasteiger partial charge in [0.25, 0.3) is 5.91 Å². The normalized spacial score (nSPS) is 12.0. The lowest BCUT2D eigenvalue weighted by Crippen LogP contribution is -2.33. The first-order valence-corrected chi connectivity index (χ1v) is 9.98. The Morgan fingerprint density at radius 3 is 2.50 bits per heavy atom. The molecule has 2 rings (SSSR count). The third kappa shape index (κ3) is 8.64. The van der Waals surface area contributed by atoms with Crippen molar-refractivity contribution < 1.29 is 34.1 Å². The minimum atomic E-state index is -1.61. The number of benzene rings is 1. The van der Waals surface area contributed by atoms with E-state index in [2.05, 4.69) is 15.7 Å². The Bertz CT molecular complexity index is 919. The molecule has 0 unspecified atom stereocenters. The molecule has 11 nitrogen and oxygen atoms in total. The van der Waals surface area contributed by atoms with Crippen LogP contribution in [0.15, 0.2) is 36.7 Å². The topological polar surface area (TPSA) is 152 Å². The lowest BCUT2D eigenvalue weighted by atomic mass is 10.2. The molecule has 0 aliphatic heterocycles. The van der Waals surface area contributed by atoms with Gasteiger partial charge >= 0.3 is 12.1 Å². The first-order valence-electron chi connectivity index (χ1n) is 9.98. The quantitative estimate of drug-likeness (QED) is 0.402. The van der Waals surface area contributed by atoms with E-state index < -0.39 is 23.8 Å². The van der Waals surface area contributed by atoms with Gasteiger partial charge in [-0.3, -0.25) is 9.48 Å². The monoisotopic (exact) mass is 448 g/mol. The summed E-state index contributed by atoms with van der Waals surface area (Å²) in [5.74, 6) is -1.36. The summed E-state index contributed by atoms with van der Waals surface area (Å²) in [6.45, 7) is 5.91. The number of carbonyl (C=O) groups is 3. The van der Waals surface area contributed by atoms with E-state index in [-0.39, 0.29) is 12.5 Å². The van der Waals surface area contributed by atoms with Crippen LogP contribution in [0, 0.1) is 0 Å². The van der Waals surface area contributed by atoms with Crippen molar-refractivity contribution in [2.45, 2.75) is 45.4 Å². The Kier molecular flexibility index (Phi) is 8.59. The summed E-state index contributed by atoms with van der Waals surface area (Å²) in [6.07, 6.45) is 1.57. The Hall–Kier alpha value is -3.60. The summed E-state index contributed by atoms with van der Waals surface area (Å²) in [4.78, 5) is 34.6. The van der Waals surface area contributed by atoms with E-state index in [0.29, 0.717) is 36.5 Å². The first-order chi connectivity index (χ1) is 15.0. The van der Waals surface area contributed by atoms with E-state index in [1.165, 1.54) is 6.20 Å². The molecule has 4 N–H and O–H groups in total. The van der Waals surface area contributed by atoms with Crippen LogP contribution in [0.4, 0.5) is 10.5 Å². The molecule has 0 fully saturated rings. The molecule has 0 spiro atoms. The number of aliphatic hydroxyl groups is 1. The molecule has 174 valence electrons. The number of hydrogen-bond acceptors (Lipinski definition) is 7. The lowest BCUT2D eigenvalue weighted by molar-refractivity contribution is -0.148. The minimum Gasteiger partial charge on any atom is -0.490 e. The second-order valence-electron chi connectivity index (χ2n) is 7.92. The number of carbonyl (C=O) groups excluding carboxylic acids is 2. The van der Waals surface area contributed by atoms with Crippen molar-refractivity contribution in [1.29, 1.82) is 0 Å². The van der Waals surface area contributed by atoms with Gasteiger partial charge in [-0.2, -0.15) is 5.10 Å². The van der Waals surface area contributed by atoms with Gasteiger partial charge in [0, 0.05) is 25.0 Å². The number of anilines is 1. The molecule has 1 atom stereocenters. The molecule has 32 heavy (non-hydrogen) atoms. The Morgan fingerprint density at radius 1 is 1.19 bits per heavy atom. The number of alkyl carbamates (subject to hydrolysis) is 1. The number of aryl methyl sites for hydroxylation is 1. The third-order valence-corrected chi connectivity index (χ3v) is 3.93. The molecular weight excluding hydrogens is 420 g/mol. The summed E-state index contributed by atoms with van der Waals surface area (Å²) in [6, 6.07) is 6.27.